The third-order valence-corrected chi connectivity index (χ3v) is 5.38. The molecule has 0 heterocycles. The highest BCUT2D eigenvalue weighted by molar-refractivity contribution is 9.09. The second-order valence-electron chi connectivity index (χ2n) is 6.17. The second kappa shape index (κ2) is 12.9. The Bertz CT molecular complexity index is 238. The maximum absolute atomic E-state index is 5.68. The second-order valence-corrected chi connectivity index (χ2v) is 7.35. The van der Waals surface area contributed by atoms with Crippen LogP contribution >= 0.6 is 15.9 Å². The van der Waals surface area contributed by atoms with Gasteiger partial charge in [0, 0.05) is 18.0 Å². The molecule has 4 heteroatoms. The first-order valence-corrected chi connectivity index (χ1v) is 9.52. The van der Waals surface area contributed by atoms with Crippen LogP contribution in [-0.2, 0) is 14.2 Å². The number of hydrogen-bond acceptors (Lipinski definition) is 3. The molecule has 3 unspecified atom stereocenters. The van der Waals surface area contributed by atoms with E-state index in [4.69, 9.17) is 14.2 Å². The molecule has 0 aromatic carbocycles. The Morgan fingerprint density at radius 1 is 0.905 bits per heavy atom. The van der Waals surface area contributed by atoms with Gasteiger partial charge in [-0.3, -0.25) is 0 Å². The lowest BCUT2D eigenvalue weighted by atomic mass is 9.81. The van der Waals surface area contributed by atoms with Crippen molar-refractivity contribution in [3.05, 3.63) is 0 Å². The van der Waals surface area contributed by atoms with Gasteiger partial charge < -0.3 is 14.2 Å². The van der Waals surface area contributed by atoms with E-state index in [-0.39, 0.29) is 0 Å². The Labute approximate surface area is 139 Å². The van der Waals surface area contributed by atoms with Crippen molar-refractivity contribution < 1.29 is 14.2 Å². The zero-order valence-corrected chi connectivity index (χ0v) is 15.4. The van der Waals surface area contributed by atoms with Crippen LogP contribution in [0.5, 0.6) is 0 Å². The molecule has 0 aromatic heterocycles. The highest BCUT2D eigenvalue weighted by atomic mass is 79.9. The normalized spacial score (nSPS) is 26.1. The largest absolute Gasteiger partial charge is 0.379 e. The van der Waals surface area contributed by atoms with Gasteiger partial charge in [0.05, 0.1) is 26.4 Å². The van der Waals surface area contributed by atoms with E-state index in [1.54, 1.807) is 0 Å². The van der Waals surface area contributed by atoms with Crippen LogP contribution in [0.4, 0.5) is 0 Å². The van der Waals surface area contributed by atoms with E-state index in [0.717, 1.165) is 31.5 Å². The quantitative estimate of drug-likeness (QED) is 0.378. The zero-order chi connectivity index (χ0) is 15.3. The van der Waals surface area contributed by atoms with Crippen molar-refractivity contribution in [2.24, 2.45) is 11.8 Å². The van der Waals surface area contributed by atoms with Crippen LogP contribution in [0.25, 0.3) is 0 Å². The minimum atomic E-state index is 0.677. The molecule has 126 valence electrons. The fraction of sp³-hybridized carbons (Fsp3) is 1.00. The van der Waals surface area contributed by atoms with Crippen LogP contribution in [0.15, 0.2) is 0 Å². The molecule has 0 bridgehead atoms. The van der Waals surface area contributed by atoms with Gasteiger partial charge in [0.25, 0.3) is 0 Å². The zero-order valence-electron chi connectivity index (χ0n) is 13.8. The Morgan fingerprint density at radius 3 is 2.19 bits per heavy atom. The highest BCUT2D eigenvalue weighted by Gasteiger charge is 2.26. The predicted octanol–water partition coefficient (Wildman–Crippen LogP) is 4.43. The maximum Gasteiger partial charge on any atom is 0.0701 e. The summed E-state index contributed by atoms with van der Waals surface area (Å²) in [5, 5.41) is 0. The van der Waals surface area contributed by atoms with E-state index < -0.39 is 0 Å². The smallest absolute Gasteiger partial charge is 0.0701 e. The third kappa shape index (κ3) is 9.88. The van der Waals surface area contributed by atoms with Crippen molar-refractivity contribution in [2.45, 2.75) is 57.2 Å². The first-order chi connectivity index (χ1) is 10.2. The van der Waals surface area contributed by atoms with Gasteiger partial charge in [0.1, 0.15) is 0 Å². The van der Waals surface area contributed by atoms with Gasteiger partial charge in [0.15, 0.2) is 0 Å². The Balaban J connectivity index is 1.84. The molecule has 0 radical (unpaired) electrons. The van der Waals surface area contributed by atoms with Gasteiger partial charge in [-0.25, -0.2) is 0 Å². The number of alkyl halides is 1. The molecule has 0 N–H and O–H groups in total. The van der Waals surface area contributed by atoms with Crippen molar-refractivity contribution in [2.75, 3.05) is 39.6 Å². The van der Waals surface area contributed by atoms with E-state index in [1.807, 2.05) is 0 Å². The topological polar surface area (TPSA) is 27.7 Å². The van der Waals surface area contributed by atoms with Gasteiger partial charge >= 0.3 is 0 Å². The molecule has 1 aliphatic rings. The molecule has 3 atom stereocenters. The molecule has 1 fully saturated rings. The summed E-state index contributed by atoms with van der Waals surface area (Å²) in [5.74, 6) is 1.65. The SMILES string of the molecule is CCCCOCCOCCOCCC1CC(C)CCC1Br. The number of hydrogen-bond donors (Lipinski definition) is 0. The van der Waals surface area contributed by atoms with Gasteiger partial charge in [-0.1, -0.05) is 36.2 Å². The monoisotopic (exact) mass is 364 g/mol. The number of unbranched alkanes of at least 4 members (excludes halogenated alkanes) is 1. The first-order valence-electron chi connectivity index (χ1n) is 8.61. The summed E-state index contributed by atoms with van der Waals surface area (Å²) in [6.07, 6.45) is 7.50. The average molecular weight is 365 g/mol. The van der Waals surface area contributed by atoms with Crippen molar-refractivity contribution >= 4 is 15.9 Å². The fourth-order valence-corrected chi connectivity index (χ4v) is 3.53. The molecule has 3 nitrogen and oxygen atoms in total. The highest BCUT2D eigenvalue weighted by Crippen LogP contribution is 2.35. The summed E-state index contributed by atoms with van der Waals surface area (Å²) in [4.78, 5) is 0.689. The van der Waals surface area contributed by atoms with Crippen molar-refractivity contribution in [3.63, 3.8) is 0 Å². The lowest BCUT2D eigenvalue weighted by molar-refractivity contribution is 0.0109. The molecular formula is C17H33BrO3. The Morgan fingerprint density at radius 2 is 1.52 bits per heavy atom. The fourth-order valence-electron chi connectivity index (χ4n) is 2.78. The van der Waals surface area contributed by atoms with Crippen LogP contribution in [0, 0.1) is 11.8 Å². The summed E-state index contributed by atoms with van der Waals surface area (Å²) in [6, 6.07) is 0. The molecule has 21 heavy (non-hydrogen) atoms. The van der Waals surface area contributed by atoms with Crippen molar-refractivity contribution in [1.29, 1.82) is 0 Å². The maximum atomic E-state index is 5.68. The van der Waals surface area contributed by atoms with Crippen LogP contribution in [0.2, 0.25) is 0 Å². The molecule has 1 saturated carbocycles. The number of ether oxygens (including phenoxy) is 3. The number of rotatable bonds is 12. The van der Waals surface area contributed by atoms with Crippen LogP contribution in [0.1, 0.15) is 52.4 Å². The molecule has 1 rings (SSSR count). The van der Waals surface area contributed by atoms with E-state index in [2.05, 4.69) is 29.8 Å². The predicted molar refractivity (Wildman–Crippen MR) is 91.2 cm³/mol. The van der Waals surface area contributed by atoms with E-state index in [9.17, 15) is 0 Å². The van der Waals surface area contributed by atoms with Gasteiger partial charge in [0.2, 0.25) is 0 Å². The minimum Gasteiger partial charge on any atom is -0.379 e. The summed E-state index contributed by atoms with van der Waals surface area (Å²) >= 11 is 3.82. The third-order valence-electron chi connectivity index (χ3n) is 4.17. The molecule has 0 spiro atoms. The summed E-state index contributed by atoms with van der Waals surface area (Å²) < 4.78 is 16.6. The molecule has 0 aliphatic heterocycles. The van der Waals surface area contributed by atoms with E-state index >= 15 is 0 Å². The lowest BCUT2D eigenvalue weighted by Crippen LogP contribution is -2.25. The van der Waals surface area contributed by atoms with E-state index in [0.29, 0.717) is 31.3 Å². The van der Waals surface area contributed by atoms with Crippen molar-refractivity contribution in [1.82, 2.24) is 0 Å². The van der Waals surface area contributed by atoms with Gasteiger partial charge in [-0.15, -0.1) is 0 Å². The standard InChI is InChI=1S/C17H33BrO3/c1-3-4-8-19-10-12-21-13-11-20-9-7-16-14-15(2)5-6-17(16)18/h15-17H,3-14H2,1-2H3. The molecule has 0 aromatic rings. The summed E-state index contributed by atoms with van der Waals surface area (Å²) in [7, 11) is 0. The van der Waals surface area contributed by atoms with Crippen molar-refractivity contribution in [3.8, 4) is 0 Å². The molecule has 1 aliphatic carbocycles. The van der Waals surface area contributed by atoms with Crippen LogP contribution < -0.4 is 0 Å². The average Bonchev–Trinajstić information content (AvgIpc) is 2.48. The lowest BCUT2D eigenvalue weighted by Gasteiger charge is -2.31. The minimum absolute atomic E-state index is 0.677. The molecule has 0 saturated heterocycles. The Hall–Kier alpha value is 0.360. The first kappa shape index (κ1) is 19.4. The summed E-state index contributed by atoms with van der Waals surface area (Å²) in [5.41, 5.74) is 0. The Kier molecular flexibility index (Phi) is 11.9. The number of halogens is 1. The van der Waals surface area contributed by atoms with E-state index in [1.165, 1.54) is 32.1 Å². The molecular weight excluding hydrogens is 332 g/mol. The van der Waals surface area contributed by atoms with Crippen LogP contribution in [-0.4, -0.2) is 44.5 Å². The van der Waals surface area contributed by atoms with Gasteiger partial charge in [-0.2, -0.15) is 0 Å². The molecule has 0 amide bonds. The van der Waals surface area contributed by atoms with Gasteiger partial charge in [-0.05, 0) is 43.9 Å². The summed E-state index contributed by atoms with van der Waals surface area (Å²) in [6.45, 7) is 8.99. The van der Waals surface area contributed by atoms with Crippen LogP contribution in [0.3, 0.4) is 0 Å².